The van der Waals surface area contributed by atoms with Crippen molar-refractivity contribution in [1.82, 2.24) is 0 Å². The van der Waals surface area contributed by atoms with Crippen molar-refractivity contribution < 1.29 is 22.8 Å². The molecule has 2 aromatic carbocycles. The largest absolute Gasteiger partial charge is 0.492 e. The second-order valence-electron chi connectivity index (χ2n) is 6.74. The van der Waals surface area contributed by atoms with Crippen molar-refractivity contribution in [1.29, 1.82) is 0 Å². The van der Waals surface area contributed by atoms with Gasteiger partial charge in [-0.15, -0.1) is 0 Å². The topological polar surface area (TPSA) is 55.5 Å². The molecule has 0 fully saturated rings. The van der Waals surface area contributed by atoms with E-state index >= 15 is 0 Å². The molecule has 0 aliphatic carbocycles. The Morgan fingerprint density at radius 3 is 2.25 bits per heavy atom. The molecule has 3 N–H and O–H groups in total. The van der Waals surface area contributed by atoms with E-state index < -0.39 is 24.5 Å². The van der Waals surface area contributed by atoms with Crippen LogP contribution in [0.5, 0.6) is 0 Å². The van der Waals surface area contributed by atoms with Gasteiger partial charge in [-0.05, 0) is 54.2 Å². The molecule has 3 rings (SSSR count). The zero-order chi connectivity index (χ0) is 21.3. The Bertz CT molecular complexity index is 868. The average Bonchev–Trinajstić information content (AvgIpc) is 2.81. The lowest BCUT2D eigenvalue weighted by Crippen LogP contribution is -2.29. The molecular weight excluding hydrogens is 413 g/mol. The van der Waals surface area contributed by atoms with Crippen molar-refractivity contribution in [2.75, 3.05) is 0 Å². The van der Waals surface area contributed by atoms with E-state index in [-0.39, 0.29) is 15.6 Å². The predicted octanol–water partition coefficient (Wildman–Crippen LogP) is 4.67. The van der Waals surface area contributed by atoms with E-state index in [1.54, 1.807) is 0 Å². The number of fused-ring (bicyclic) bond motifs is 1. The first-order chi connectivity index (χ1) is 12.8. The van der Waals surface area contributed by atoms with Crippen LogP contribution in [0.2, 0.25) is 10.0 Å². The smallest absolute Gasteiger partial charge is 0.423 e. The minimum absolute atomic E-state index is 0.116. The van der Waals surface area contributed by atoms with Gasteiger partial charge in [-0.1, -0.05) is 48.0 Å². The van der Waals surface area contributed by atoms with Gasteiger partial charge in [0.1, 0.15) is 0 Å². The summed E-state index contributed by atoms with van der Waals surface area (Å²) < 4.78 is 42.1. The van der Waals surface area contributed by atoms with Gasteiger partial charge >= 0.3 is 13.3 Å². The van der Waals surface area contributed by atoms with Crippen LogP contribution in [0.15, 0.2) is 43.0 Å². The fraction of sp³-hybridized carbons (Fsp3) is 0.263. The molecule has 0 atom stereocenters. The zero-order valence-electron chi connectivity index (χ0n) is 15.3. The van der Waals surface area contributed by atoms with E-state index in [2.05, 4.69) is 6.58 Å². The minimum Gasteiger partial charge on any atom is -0.423 e. The van der Waals surface area contributed by atoms with Crippen LogP contribution in [-0.2, 0) is 16.8 Å². The van der Waals surface area contributed by atoms with Crippen LogP contribution in [0.1, 0.15) is 30.5 Å². The Hall–Kier alpha value is -1.51. The minimum atomic E-state index is -4.46. The van der Waals surface area contributed by atoms with E-state index in [0.717, 1.165) is 16.6 Å². The van der Waals surface area contributed by atoms with Crippen LogP contribution in [-0.4, -0.2) is 18.3 Å². The highest BCUT2D eigenvalue weighted by Gasteiger charge is 2.40. The van der Waals surface area contributed by atoms with Crippen LogP contribution >= 0.6 is 23.2 Å². The lowest BCUT2D eigenvalue weighted by atomic mass is 9.77. The summed E-state index contributed by atoms with van der Waals surface area (Å²) in [6.45, 7) is 7.32. The van der Waals surface area contributed by atoms with Crippen LogP contribution in [0, 0.1) is 0 Å². The highest BCUT2D eigenvalue weighted by molar-refractivity contribution is 6.62. The maximum atomic E-state index is 12.2. The van der Waals surface area contributed by atoms with Crippen molar-refractivity contribution in [3.63, 3.8) is 0 Å². The number of hydrogen-bond donors (Lipinski definition) is 2. The van der Waals surface area contributed by atoms with Gasteiger partial charge in [0.05, 0.1) is 11.2 Å². The quantitative estimate of drug-likeness (QED) is 0.679. The summed E-state index contributed by atoms with van der Waals surface area (Å²) in [7, 11) is -0.813. The molecule has 9 heteroatoms. The Labute approximate surface area is 172 Å². The standard InChI is InChI=1S/C10H14BNO2.C9H5Cl2F3/c1-10(2)8-4-3-7(6-12)5-9(8)11(13)14-10;1-5(9(12,13)14)6-2-7(10)4-8(11)3-6/h3-5,13H,6,12H2,1-2H3;2-4H,1H2. The SMILES string of the molecule is C=C(c1cc(Cl)cc(Cl)c1)C(F)(F)F.CC1(C)OB(O)c2cc(CN)ccc21. The fourth-order valence-corrected chi connectivity index (χ4v) is 3.32. The third kappa shape index (κ3) is 5.30. The highest BCUT2D eigenvalue weighted by atomic mass is 35.5. The molecule has 28 heavy (non-hydrogen) atoms. The molecular formula is C19H19BCl2F3NO2. The maximum absolute atomic E-state index is 12.2. The average molecular weight is 432 g/mol. The highest BCUT2D eigenvalue weighted by Crippen LogP contribution is 2.34. The molecule has 1 aliphatic heterocycles. The summed E-state index contributed by atoms with van der Waals surface area (Å²) in [5, 5.41) is 9.98. The summed E-state index contributed by atoms with van der Waals surface area (Å²) in [6, 6.07) is 9.56. The van der Waals surface area contributed by atoms with Gasteiger partial charge in [-0.3, -0.25) is 0 Å². The number of halogens is 5. The summed E-state index contributed by atoms with van der Waals surface area (Å²) in [4.78, 5) is 0. The Kier molecular flexibility index (Phi) is 6.89. The summed E-state index contributed by atoms with van der Waals surface area (Å²) in [6.07, 6.45) is -4.46. The second kappa shape index (κ2) is 8.47. The van der Waals surface area contributed by atoms with E-state index in [9.17, 15) is 18.2 Å². The van der Waals surface area contributed by atoms with Crippen molar-refractivity contribution in [3.8, 4) is 0 Å². The van der Waals surface area contributed by atoms with E-state index in [0.29, 0.717) is 6.54 Å². The predicted molar refractivity (Wildman–Crippen MR) is 108 cm³/mol. The number of hydrogen-bond acceptors (Lipinski definition) is 3. The molecule has 3 nitrogen and oxygen atoms in total. The van der Waals surface area contributed by atoms with Gasteiger partial charge in [0.2, 0.25) is 0 Å². The lowest BCUT2D eigenvalue weighted by molar-refractivity contribution is -0.0686. The van der Waals surface area contributed by atoms with Crippen LogP contribution in [0.4, 0.5) is 13.2 Å². The molecule has 0 unspecified atom stereocenters. The van der Waals surface area contributed by atoms with Crippen molar-refractivity contribution in [2.24, 2.45) is 5.73 Å². The van der Waals surface area contributed by atoms with Gasteiger partial charge in [-0.25, -0.2) is 0 Å². The zero-order valence-corrected chi connectivity index (χ0v) is 16.8. The summed E-state index contributed by atoms with van der Waals surface area (Å²) in [5.41, 5.74) is 6.97. The molecule has 0 bridgehead atoms. The normalized spacial score (nSPS) is 15.0. The van der Waals surface area contributed by atoms with E-state index in [1.807, 2.05) is 32.0 Å². The number of benzene rings is 2. The number of alkyl halides is 3. The van der Waals surface area contributed by atoms with Crippen LogP contribution in [0.25, 0.3) is 5.57 Å². The van der Waals surface area contributed by atoms with Gasteiger partial charge in [0.15, 0.2) is 0 Å². The molecule has 150 valence electrons. The van der Waals surface area contributed by atoms with Gasteiger partial charge in [0.25, 0.3) is 0 Å². The monoisotopic (exact) mass is 431 g/mol. The number of nitrogens with two attached hydrogens (primary N) is 1. The Morgan fingerprint density at radius 2 is 1.75 bits per heavy atom. The molecule has 0 radical (unpaired) electrons. The maximum Gasteiger partial charge on any atom is 0.492 e. The van der Waals surface area contributed by atoms with Crippen LogP contribution < -0.4 is 11.2 Å². The molecule has 0 aromatic heterocycles. The van der Waals surface area contributed by atoms with Crippen molar-refractivity contribution >= 4 is 41.4 Å². The summed E-state index contributed by atoms with van der Waals surface area (Å²) in [5.74, 6) is 0. The first-order valence-corrected chi connectivity index (χ1v) is 9.02. The van der Waals surface area contributed by atoms with Gasteiger partial charge in [-0.2, -0.15) is 13.2 Å². The lowest BCUT2D eigenvalue weighted by Gasteiger charge is -2.19. The Morgan fingerprint density at radius 1 is 1.18 bits per heavy atom. The first-order valence-electron chi connectivity index (χ1n) is 8.27. The number of allylic oxidation sites excluding steroid dienone is 1. The summed E-state index contributed by atoms with van der Waals surface area (Å²) >= 11 is 11.1. The third-order valence-electron chi connectivity index (χ3n) is 4.23. The Balaban J connectivity index is 0.000000200. The number of rotatable bonds is 2. The first kappa shape index (κ1) is 22.8. The van der Waals surface area contributed by atoms with Crippen LogP contribution in [0.3, 0.4) is 0 Å². The van der Waals surface area contributed by atoms with Crippen molar-refractivity contribution in [2.45, 2.75) is 32.2 Å². The molecule has 1 aliphatic rings. The van der Waals surface area contributed by atoms with E-state index in [1.165, 1.54) is 18.2 Å². The van der Waals surface area contributed by atoms with E-state index in [4.69, 9.17) is 33.6 Å². The molecule has 2 aromatic rings. The molecule has 0 saturated heterocycles. The second-order valence-corrected chi connectivity index (χ2v) is 7.61. The van der Waals surface area contributed by atoms with Crippen molar-refractivity contribution in [3.05, 3.63) is 69.7 Å². The molecule has 0 spiro atoms. The molecule has 0 saturated carbocycles. The fourth-order valence-electron chi connectivity index (χ4n) is 2.79. The third-order valence-corrected chi connectivity index (χ3v) is 4.66. The van der Waals surface area contributed by atoms with Gasteiger partial charge in [0, 0.05) is 16.6 Å². The molecule has 0 amide bonds. The van der Waals surface area contributed by atoms with Gasteiger partial charge < -0.3 is 15.4 Å². The molecule has 1 heterocycles.